The lowest BCUT2D eigenvalue weighted by molar-refractivity contribution is -0.149. The van der Waals surface area contributed by atoms with Crippen LogP contribution in [0.25, 0.3) is 0 Å². The summed E-state index contributed by atoms with van der Waals surface area (Å²) < 4.78 is 39.1. The van der Waals surface area contributed by atoms with Gasteiger partial charge < -0.3 is 10.2 Å². The first-order chi connectivity index (χ1) is 10.9. The van der Waals surface area contributed by atoms with Gasteiger partial charge in [-0.15, -0.1) is 0 Å². The third kappa shape index (κ3) is 3.17. The molecule has 8 heteroatoms. The first kappa shape index (κ1) is 15.8. The molecule has 0 unspecified atom stereocenters. The van der Waals surface area contributed by atoms with E-state index in [9.17, 15) is 22.8 Å². The van der Waals surface area contributed by atoms with Crippen LogP contribution in [-0.2, 0) is 22.3 Å². The van der Waals surface area contributed by atoms with Crippen molar-refractivity contribution in [3.8, 4) is 0 Å². The highest BCUT2D eigenvalue weighted by Crippen LogP contribution is 2.32. The summed E-state index contributed by atoms with van der Waals surface area (Å²) in [6.07, 6.45) is -4.41. The number of nitrogens with zero attached hydrogens (tertiary/aromatic N) is 2. The van der Waals surface area contributed by atoms with Crippen molar-refractivity contribution in [3.63, 3.8) is 0 Å². The van der Waals surface area contributed by atoms with E-state index in [1.807, 2.05) is 0 Å². The Morgan fingerprint density at radius 3 is 2.65 bits per heavy atom. The molecule has 1 aromatic carbocycles. The topological polar surface area (TPSA) is 52.7 Å². The fourth-order valence-electron chi connectivity index (χ4n) is 3.06. The maximum Gasteiger partial charge on any atom is 0.416 e. The smallest absolute Gasteiger partial charge is 0.345 e. The average molecular weight is 327 g/mol. The van der Waals surface area contributed by atoms with E-state index in [4.69, 9.17) is 0 Å². The van der Waals surface area contributed by atoms with Crippen LogP contribution >= 0.6 is 0 Å². The summed E-state index contributed by atoms with van der Waals surface area (Å²) >= 11 is 0. The second kappa shape index (κ2) is 5.84. The number of fused-ring (bicyclic) bond motifs is 1. The number of piperazine rings is 2. The van der Waals surface area contributed by atoms with E-state index >= 15 is 0 Å². The highest BCUT2D eigenvalue weighted by atomic mass is 19.4. The molecule has 0 saturated carbocycles. The van der Waals surface area contributed by atoms with Gasteiger partial charge in [0.05, 0.1) is 12.1 Å². The lowest BCUT2D eigenvalue weighted by Gasteiger charge is -2.43. The van der Waals surface area contributed by atoms with Crippen LogP contribution in [0.4, 0.5) is 13.2 Å². The zero-order valence-corrected chi connectivity index (χ0v) is 12.3. The van der Waals surface area contributed by atoms with Crippen LogP contribution in [0.5, 0.6) is 0 Å². The van der Waals surface area contributed by atoms with Crippen LogP contribution < -0.4 is 5.32 Å². The second-order valence-electron chi connectivity index (χ2n) is 5.71. The summed E-state index contributed by atoms with van der Waals surface area (Å²) in [6, 6.07) is 4.81. The molecule has 23 heavy (non-hydrogen) atoms. The summed E-state index contributed by atoms with van der Waals surface area (Å²) in [7, 11) is 0. The molecule has 0 spiro atoms. The molecule has 124 valence electrons. The minimum absolute atomic E-state index is 0.00770. The van der Waals surface area contributed by atoms with Crippen molar-refractivity contribution in [2.45, 2.75) is 18.8 Å². The predicted molar refractivity (Wildman–Crippen MR) is 75.2 cm³/mol. The van der Waals surface area contributed by atoms with Gasteiger partial charge in [-0.1, -0.05) is 18.2 Å². The first-order valence-electron chi connectivity index (χ1n) is 7.31. The third-order valence-electron chi connectivity index (χ3n) is 4.22. The molecule has 1 atom stereocenters. The number of nitrogens with one attached hydrogen (secondary N) is 1. The molecule has 3 rings (SSSR count). The Kier molecular flexibility index (Phi) is 4.01. The number of carbonyl (C=O) groups excluding carboxylic acids is 2. The Labute approximate surface area is 131 Å². The molecule has 2 heterocycles. The molecule has 0 aliphatic carbocycles. The second-order valence-corrected chi connectivity index (χ2v) is 5.71. The highest BCUT2D eigenvalue weighted by Gasteiger charge is 2.39. The Balaban J connectivity index is 1.75. The average Bonchev–Trinajstić information content (AvgIpc) is 2.51. The van der Waals surface area contributed by atoms with E-state index in [1.165, 1.54) is 17.0 Å². The van der Waals surface area contributed by atoms with Gasteiger partial charge in [-0.05, 0) is 11.6 Å². The summed E-state index contributed by atoms with van der Waals surface area (Å²) in [5.41, 5.74) is -0.484. The fraction of sp³-hybridized carbons (Fsp3) is 0.467. The SMILES string of the molecule is O=C1NCC(=O)N2CCN(Cc3ccccc3C(F)(F)F)C[C@H]12. The maximum atomic E-state index is 13.0. The normalized spacial score (nSPS) is 22.7. The standard InChI is InChI=1S/C15H16F3N3O2/c16-15(17,18)11-4-2-1-3-10(11)8-20-5-6-21-12(9-20)14(23)19-7-13(21)22/h1-4,12H,5-9H2,(H,19,23)/t12-/m1/s1. The van der Waals surface area contributed by atoms with E-state index in [2.05, 4.69) is 5.32 Å². The van der Waals surface area contributed by atoms with Gasteiger partial charge in [0.15, 0.2) is 0 Å². The molecule has 2 aliphatic rings. The van der Waals surface area contributed by atoms with Crippen molar-refractivity contribution in [1.29, 1.82) is 0 Å². The highest BCUT2D eigenvalue weighted by molar-refractivity contribution is 5.95. The van der Waals surface area contributed by atoms with E-state index in [0.717, 1.165) is 6.07 Å². The van der Waals surface area contributed by atoms with Gasteiger partial charge in [0.1, 0.15) is 6.04 Å². The van der Waals surface area contributed by atoms with E-state index < -0.39 is 17.8 Å². The number of hydrogen-bond donors (Lipinski definition) is 1. The number of benzene rings is 1. The minimum atomic E-state index is -4.41. The lowest BCUT2D eigenvalue weighted by atomic mass is 10.0. The third-order valence-corrected chi connectivity index (χ3v) is 4.22. The van der Waals surface area contributed by atoms with E-state index in [-0.39, 0.29) is 37.0 Å². The van der Waals surface area contributed by atoms with Crippen LogP contribution in [-0.4, -0.2) is 53.8 Å². The Bertz CT molecular complexity index is 633. The van der Waals surface area contributed by atoms with Crippen molar-refractivity contribution < 1.29 is 22.8 Å². The molecule has 2 fully saturated rings. The van der Waals surface area contributed by atoms with Gasteiger partial charge in [0.2, 0.25) is 11.8 Å². The van der Waals surface area contributed by atoms with Crippen molar-refractivity contribution in [2.75, 3.05) is 26.2 Å². The van der Waals surface area contributed by atoms with Gasteiger partial charge in [0.25, 0.3) is 0 Å². The molecular formula is C15H16F3N3O2. The van der Waals surface area contributed by atoms with Crippen LogP contribution in [0, 0.1) is 0 Å². The summed E-state index contributed by atoms with van der Waals surface area (Å²) in [6.45, 7) is 1.13. The van der Waals surface area contributed by atoms with Crippen molar-refractivity contribution in [3.05, 3.63) is 35.4 Å². The molecule has 0 aromatic heterocycles. The van der Waals surface area contributed by atoms with Crippen molar-refractivity contribution in [2.24, 2.45) is 0 Å². The molecule has 0 radical (unpaired) electrons. The van der Waals surface area contributed by atoms with Crippen LogP contribution in [0.3, 0.4) is 0 Å². The monoisotopic (exact) mass is 327 g/mol. The van der Waals surface area contributed by atoms with Crippen molar-refractivity contribution in [1.82, 2.24) is 15.1 Å². The summed E-state index contributed by atoms with van der Waals surface area (Å²) in [5, 5.41) is 2.51. The number of hydrogen-bond acceptors (Lipinski definition) is 3. The Morgan fingerprint density at radius 1 is 1.17 bits per heavy atom. The lowest BCUT2D eigenvalue weighted by Crippen LogP contribution is -2.65. The van der Waals surface area contributed by atoms with E-state index in [0.29, 0.717) is 13.1 Å². The number of carbonyl (C=O) groups is 2. The number of amides is 2. The molecule has 2 amide bonds. The maximum absolute atomic E-state index is 13.0. The van der Waals surface area contributed by atoms with Gasteiger partial charge in [-0.25, -0.2) is 0 Å². The number of rotatable bonds is 2. The quantitative estimate of drug-likeness (QED) is 0.876. The minimum Gasteiger partial charge on any atom is -0.345 e. The zero-order valence-electron chi connectivity index (χ0n) is 12.3. The van der Waals surface area contributed by atoms with Crippen LogP contribution in [0.2, 0.25) is 0 Å². The fourth-order valence-corrected chi connectivity index (χ4v) is 3.06. The molecule has 0 bridgehead atoms. The van der Waals surface area contributed by atoms with E-state index in [1.54, 1.807) is 11.0 Å². The number of halogens is 3. The van der Waals surface area contributed by atoms with Crippen LogP contribution in [0.15, 0.2) is 24.3 Å². The first-order valence-corrected chi connectivity index (χ1v) is 7.31. The van der Waals surface area contributed by atoms with Crippen molar-refractivity contribution >= 4 is 11.8 Å². The molecular weight excluding hydrogens is 311 g/mol. The summed E-state index contributed by atoms with van der Waals surface area (Å²) in [4.78, 5) is 26.9. The van der Waals surface area contributed by atoms with Gasteiger partial charge >= 0.3 is 6.18 Å². The molecule has 1 aromatic rings. The molecule has 2 aliphatic heterocycles. The van der Waals surface area contributed by atoms with Crippen LogP contribution in [0.1, 0.15) is 11.1 Å². The Hall–Kier alpha value is -2.09. The largest absolute Gasteiger partial charge is 0.416 e. The van der Waals surface area contributed by atoms with Gasteiger partial charge in [-0.3, -0.25) is 14.5 Å². The summed E-state index contributed by atoms with van der Waals surface area (Å²) in [5.74, 6) is -0.400. The molecule has 2 saturated heterocycles. The Morgan fingerprint density at radius 2 is 1.91 bits per heavy atom. The number of alkyl halides is 3. The van der Waals surface area contributed by atoms with Gasteiger partial charge in [0, 0.05) is 26.2 Å². The molecule has 5 nitrogen and oxygen atoms in total. The predicted octanol–water partition coefficient (Wildman–Crippen LogP) is 0.848. The van der Waals surface area contributed by atoms with Gasteiger partial charge in [-0.2, -0.15) is 13.2 Å². The molecule has 1 N–H and O–H groups in total. The zero-order chi connectivity index (χ0) is 16.6.